The minimum atomic E-state index is -0.199. The Balaban J connectivity index is 1.99. The van der Waals surface area contributed by atoms with Crippen molar-refractivity contribution in [2.24, 2.45) is 7.05 Å². The molecular weight excluding hydrogens is 370 g/mol. The van der Waals surface area contributed by atoms with Gasteiger partial charge in [0.25, 0.3) is 5.91 Å². The molecule has 1 heterocycles. The molecule has 2 aromatic rings. The maximum absolute atomic E-state index is 13.0. The first-order valence-corrected chi connectivity index (χ1v) is 9.87. The van der Waals surface area contributed by atoms with E-state index in [1.54, 1.807) is 29.0 Å². The molecule has 0 bridgehead atoms. The Labute approximate surface area is 172 Å². The van der Waals surface area contributed by atoms with E-state index in [-0.39, 0.29) is 25.0 Å². The van der Waals surface area contributed by atoms with Gasteiger partial charge >= 0.3 is 0 Å². The molecule has 0 radical (unpaired) electrons. The number of amides is 2. The van der Waals surface area contributed by atoms with Crippen LogP contribution in [0.1, 0.15) is 19.0 Å². The van der Waals surface area contributed by atoms with E-state index in [2.05, 4.69) is 0 Å². The van der Waals surface area contributed by atoms with Gasteiger partial charge in [0.2, 0.25) is 5.91 Å². The van der Waals surface area contributed by atoms with Crippen LogP contribution in [0.25, 0.3) is 0 Å². The Morgan fingerprint density at radius 1 is 1.00 bits per heavy atom. The Morgan fingerprint density at radius 3 is 2.38 bits per heavy atom. The molecule has 0 aliphatic heterocycles. The van der Waals surface area contributed by atoms with Gasteiger partial charge in [0.1, 0.15) is 5.75 Å². The number of carbonyl (C=O) groups excluding carboxylic acids is 2. The number of rotatable bonds is 12. The Morgan fingerprint density at radius 2 is 1.76 bits per heavy atom. The highest BCUT2D eigenvalue weighted by Crippen LogP contribution is 2.10. The van der Waals surface area contributed by atoms with E-state index in [0.29, 0.717) is 32.0 Å². The van der Waals surface area contributed by atoms with Gasteiger partial charge in [0.05, 0.1) is 19.7 Å². The van der Waals surface area contributed by atoms with Crippen LogP contribution in [0.15, 0.2) is 48.7 Å². The van der Waals surface area contributed by atoms with Crippen LogP contribution in [-0.2, 0) is 27.9 Å². The third-order valence-corrected chi connectivity index (χ3v) is 4.60. The SMILES string of the molecule is CCCN(CC(=O)N(CCOC)Cc1cccn1C)C(=O)COc1ccccc1. The summed E-state index contributed by atoms with van der Waals surface area (Å²) in [5.41, 5.74) is 1.02. The highest BCUT2D eigenvalue weighted by Gasteiger charge is 2.22. The fourth-order valence-corrected chi connectivity index (χ4v) is 2.93. The normalized spacial score (nSPS) is 10.6. The van der Waals surface area contributed by atoms with E-state index in [9.17, 15) is 9.59 Å². The van der Waals surface area contributed by atoms with Crippen LogP contribution in [0, 0.1) is 0 Å². The molecule has 158 valence electrons. The zero-order valence-corrected chi connectivity index (χ0v) is 17.5. The van der Waals surface area contributed by atoms with Crippen LogP contribution in [0.3, 0.4) is 0 Å². The lowest BCUT2D eigenvalue weighted by Crippen LogP contribution is -2.45. The van der Waals surface area contributed by atoms with Crippen LogP contribution >= 0.6 is 0 Å². The fourth-order valence-electron chi connectivity index (χ4n) is 2.93. The molecule has 0 aliphatic rings. The third kappa shape index (κ3) is 7.27. The highest BCUT2D eigenvalue weighted by atomic mass is 16.5. The summed E-state index contributed by atoms with van der Waals surface area (Å²) in [5.74, 6) is 0.327. The van der Waals surface area contributed by atoms with E-state index in [4.69, 9.17) is 9.47 Å². The van der Waals surface area contributed by atoms with Gasteiger partial charge in [-0.05, 0) is 30.7 Å². The standard InChI is InChI=1S/C22H31N3O4/c1-4-12-24(22(27)18-29-20-10-6-5-7-11-20)17-21(26)25(14-15-28-3)16-19-9-8-13-23(19)2/h5-11,13H,4,12,14-18H2,1-3H3. The van der Waals surface area contributed by atoms with Crippen LogP contribution < -0.4 is 4.74 Å². The van der Waals surface area contributed by atoms with E-state index >= 15 is 0 Å². The quantitative estimate of drug-likeness (QED) is 0.548. The van der Waals surface area contributed by atoms with Crippen molar-refractivity contribution < 1.29 is 19.1 Å². The number of hydrogen-bond donors (Lipinski definition) is 0. The van der Waals surface area contributed by atoms with Gasteiger partial charge in [0.15, 0.2) is 6.61 Å². The summed E-state index contributed by atoms with van der Waals surface area (Å²) >= 11 is 0. The monoisotopic (exact) mass is 401 g/mol. The van der Waals surface area contributed by atoms with Gasteiger partial charge in [-0.3, -0.25) is 9.59 Å². The number of methoxy groups -OCH3 is 1. The van der Waals surface area contributed by atoms with E-state index in [1.165, 1.54) is 0 Å². The molecular formula is C22H31N3O4. The molecule has 0 spiro atoms. The van der Waals surface area contributed by atoms with Crippen molar-refractivity contribution >= 4 is 11.8 Å². The minimum absolute atomic E-state index is 0.0267. The van der Waals surface area contributed by atoms with E-state index < -0.39 is 0 Å². The summed E-state index contributed by atoms with van der Waals surface area (Å²) in [6.07, 6.45) is 2.71. The van der Waals surface area contributed by atoms with Crippen molar-refractivity contribution in [2.45, 2.75) is 19.9 Å². The fraction of sp³-hybridized carbons (Fsp3) is 0.455. The lowest BCUT2D eigenvalue weighted by atomic mass is 10.3. The third-order valence-electron chi connectivity index (χ3n) is 4.60. The van der Waals surface area contributed by atoms with Gasteiger partial charge in [0, 0.05) is 39.1 Å². The second kappa shape index (κ2) is 11.9. The second-order valence-electron chi connectivity index (χ2n) is 6.84. The molecule has 29 heavy (non-hydrogen) atoms. The number of para-hydroxylation sites is 1. The Hall–Kier alpha value is -2.80. The van der Waals surface area contributed by atoms with Crippen LogP contribution in [0.5, 0.6) is 5.75 Å². The molecule has 2 rings (SSSR count). The van der Waals surface area contributed by atoms with Crippen molar-refractivity contribution in [1.82, 2.24) is 14.4 Å². The highest BCUT2D eigenvalue weighted by molar-refractivity contribution is 5.85. The molecule has 0 aliphatic carbocycles. The zero-order valence-electron chi connectivity index (χ0n) is 17.5. The molecule has 0 unspecified atom stereocenters. The largest absolute Gasteiger partial charge is 0.484 e. The maximum Gasteiger partial charge on any atom is 0.260 e. The molecule has 1 aromatic carbocycles. The van der Waals surface area contributed by atoms with E-state index in [1.807, 2.05) is 55.1 Å². The zero-order chi connectivity index (χ0) is 21.1. The summed E-state index contributed by atoms with van der Waals surface area (Å²) in [5, 5.41) is 0. The molecule has 7 heteroatoms. The number of aryl methyl sites for hydroxylation is 1. The van der Waals surface area contributed by atoms with Gasteiger partial charge in [-0.25, -0.2) is 0 Å². The molecule has 0 saturated heterocycles. The van der Waals surface area contributed by atoms with Crippen LogP contribution in [0.4, 0.5) is 0 Å². The lowest BCUT2D eigenvalue weighted by molar-refractivity contribution is -0.142. The van der Waals surface area contributed by atoms with Crippen LogP contribution in [0.2, 0.25) is 0 Å². The second-order valence-corrected chi connectivity index (χ2v) is 6.84. The number of nitrogens with zero attached hydrogens (tertiary/aromatic N) is 3. The predicted octanol–water partition coefficient (Wildman–Crippen LogP) is 2.32. The average Bonchev–Trinajstić information content (AvgIpc) is 3.14. The number of ether oxygens (including phenoxy) is 2. The number of benzene rings is 1. The summed E-state index contributed by atoms with van der Waals surface area (Å²) in [6.45, 7) is 3.80. The van der Waals surface area contributed by atoms with Gasteiger partial charge in [-0.1, -0.05) is 25.1 Å². The maximum atomic E-state index is 13.0. The summed E-state index contributed by atoms with van der Waals surface area (Å²) < 4.78 is 12.7. The van der Waals surface area contributed by atoms with Gasteiger partial charge < -0.3 is 23.8 Å². The summed E-state index contributed by atoms with van der Waals surface area (Å²) in [4.78, 5) is 28.9. The van der Waals surface area contributed by atoms with Crippen molar-refractivity contribution in [3.05, 3.63) is 54.4 Å². The first-order chi connectivity index (χ1) is 14.0. The van der Waals surface area contributed by atoms with Crippen molar-refractivity contribution in [3.8, 4) is 5.75 Å². The minimum Gasteiger partial charge on any atom is -0.484 e. The van der Waals surface area contributed by atoms with Crippen molar-refractivity contribution in [2.75, 3.05) is 40.0 Å². The summed E-state index contributed by atoms with van der Waals surface area (Å²) in [6, 6.07) is 13.1. The van der Waals surface area contributed by atoms with Crippen LogP contribution in [-0.4, -0.2) is 66.1 Å². The molecule has 0 fully saturated rings. The molecule has 1 aromatic heterocycles. The number of aromatic nitrogens is 1. The van der Waals surface area contributed by atoms with Gasteiger partial charge in [-0.2, -0.15) is 0 Å². The molecule has 0 atom stereocenters. The first kappa shape index (κ1) is 22.5. The lowest BCUT2D eigenvalue weighted by Gasteiger charge is -2.27. The Kier molecular flexibility index (Phi) is 9.24. The topological polar surface area (TPSA) is 64.0 Å². The molecule has 0 saturated carbocycles. The predicted molar refractivity (Wildman–Crippen MR) is 112 cm³/mol. The summed E-state index contributed by atoms with van der Waals surface area (Å²) in [7, 11) is 3.56. The van der Waals surface area contributed by atoms with E-state index in [0.717, 1.165) is 12.1 Å². The van der Waals surface area contributed by atoms with Crippen molar-refractivity contribution in [1.29, 1.82) is 0 Å². The molecule has 2 amide bonds. The molecule has 7 nitrogen and oxygen atoms in total. The van der Waals surface area contributed by atoms with Gasteiger partial charge in [-0.15, -0.1) is 0 Å². The average molecular weight is 402 g/mol. The van der Waals surface area contributed by atoms with Crippen molar-refractivity contribution in [3.63, 3.8) is 0 Å². The number of carbonyl (C=O) groups is 2. The smallest absolute Gasteiger partial charge is 0.260 e. The Bertz CT molecular complexity index is 760. The first-order valence-electron chi connectivity index (χ1n) is 9.87. The number of hydrogen-bond acceptors (Lipinski definition) is 4. The molecule has 0 N–H and O–H groups in total.